The molecule has 22 heavy (non-hydrogen) atoms. The lowest BCUT2D eigenvalue weighted by Crippen LogP contribution is -2.37. The molecule has 5 nitrogen and oxygen atoms in total. The van der Waals surface area contributed by atoms with Crippen LogP contribution >= 0.6 is 11.3 Å². The molecule has 6 heteroatoms. The van der Waals surface area contributed by atoms with Crippen molar-refractivity contribution in [1.29, 1.82) is 0 Å². The fraction of sp³-hybridized carbons (Fsp3) is 0.562. The molecule has 2 aromatic rings. The second-order valence-electron chi connectivity index (χ2n) is 6.26. The molecule has 0 saturated heterocycles. The lowest BCUT2D eigenvalue weighted by atomic mass is 9.95. The van der Waals surface area contributed by atoms with Crippen LogP contribution in [0.2, 0.25) is 0 Å². The van der Waals surface area contributed by atoms with E-state index in [1.165, 1.54) is 11.3 Å². The second-order valence-corrected chi connectivity index (χ2v) is 7.34. The van der Waals surface area contributed by atoms with Gasteiger partial charge in [0.05, 0.1) is 5.39 Å². The van der Waals surface area contributed by atoms with Gasteiger partial charge in [-0.05, 0) is 37.7 Å². The minimum Gasteiger partial charge on any atom is -0.347 e. The van der Waals surface area contributed by atoms with E-state index in [9.17, 15) is 9.59 Å². The van der Waals surface area contributed by atoms with Gasteiger partial charge in [-0.2, -0.15) is 0 Å². The molecule has 1 amide bonds. The zero-order valence-corrected chi connectivity index (χ0v) is 13.2. The van der Waals surface area contributed by atoms with E-state index in [2.05, 4.69) is 15.3 Å². The van der Waals surface area contributed by atoms with Gasteiger partial charge in [-0.3, -0.25) is 9.59 Å². The van der Waals surface area contributed by atoms with Crippen LogP contribution in [0, 0.1) is 0 Å². The number of hydrogen-bond donors (Lipinski definition) is 2. The van der Waals surface area contributed by atoms with Crippen LogP contribution < -0.4 is 10.9 Å². The molecule has 2 heterocycles. The maximum atomic E-state index is 12.3. The number of aryl methyl sites for hydroxylation is 2. The summed E-state index contributed by atoms with van der Waals surface area (Å²) in [5.74, 6) is -0.0949. The lowest BCUT2D eigenvalue weighted by molar-refractivity contribution is 0.0917. The number of H-pyrrole nitrogens is 1. The molecule has 116 valence electrons. The highest BCUT2D eigenvalue weighted by molar-refractivity contribution is 7.18. The molecule has 0 radical (unpaired) electrons. The minimum atomic E-state index is -0.251. The normalized spacial score (nSPS) is 18.5. The van der Waals surface area contributed by atoms with Gasteiger partial charge in [0.15, 0.2) is 0 Å². The first-order chi connectivity index (χ1) is 10.7. The Morgan fingerprint density at radius 3 is 2.82 bits per heavy atom. The van der Waals surface area contributed by atoms with Gasteiger partial charge in [-0.25, -0.2) is 4.98 Å². The lowest BCUT2D eigenvalue weighted by Gasteiger charge is -2.22. The van der Waals surface area contributed by atoms with E-state index in [1.807, 2.05) is 0 Å². The summed E-state index contributed by atoms with van der Waals surface area (Å²) in [5, 5.41) is 3.71. The van der Waals surface area contributed by atoms with Crippen LogP contribution in [-0.4, -0.2) is 21.9 Å². The van der Waals surface area contributed by atoms with E-state index in [0.717, 1.165) is 50.5 Å². The van der Waals surface area contributed by atoms with Crippen molar-refractivity contribution >= 4 is 27.5 Å². The van der Waals surface area contributed by atoms with E-state index in [4.69, 9.17) is 0 Å². The van der Waals surface area contributed by atoms with Crippen molar-refractivity contribution in [1.82, 2.24) is 15.3 Å². The Hall–Kier alpha value is -1.69. The van der Waals surface area contributed by atoms with Crippen LogP contribution in [0.5, 0.6) is 0 Å². The first-order valence-corrected chi connectivity index (χ1v) is 8.89. The van der Waals surface area contributed by atoms with Gasteiger partial charge >= 0.3 is 0 Å². The topological polar surface area (TPSA) is 74.8 Å². The Labute approximate surface area is 132 Å². The van der Waals surface area contributed by atoms with Crippen LogP contribution in [0.15, 0.2) is 4.79 Å². The van der Waals surface area contributed by atoms with Gasteiger partial charge in [0.25, 0.3) is 11.5 Å². The first kappa shape index (κ1) is 13.9. The molecule has 1 saturated carbocycles. The van der Waals surface area contributed by atoms with E-state index >= 15 is 0 Å². The third-order valence-electron chi connectivity index (χ3n) is 4.73. The predicted octanol–water partition coefficient (Wildman–Crippen LogP) is 2.54. The SMILES string of the molecule is O=C(NC1CCCCC1)c1nc2sc3c(c2c(=O)[nH]1)CCC3. The molecule has 1 fully saturated rings. The molecule has 0 aliphatic heterocycles. The highest BCUT2D eigenvalue weighted by Gasteiger charge is 2.23. The molecule has 4 rings (SSSR count). The third-order valence-corrected chi connectivity index (χ3v) is 5.92. The average molecular weight is 317 g/mol. The van der Waals surface area contributed by atoms with Crippen molar-refractivity contribution in [3.63, 3.8) is 0 Å². The van der Waals surface area contributed by atoms with Gasteiger partial charge < -0.3 is 10.3 Å². The standard InChI is InChI=1S/C16H19N3O2S/c20-14-12-10-7-4-8-11(10)22-16(12)19-13(18-14)15(21)17-9-5-2-1-3-6-9/h9H,1-8H2,(H,17,21)(H,18,19,20). The van der Waals surface area contributed by atoms with Crippen LogP contribution in [0.1, 0.15) is 59.6 Å². The van der Waals surface area contributed by atoms with Gasteiger partial charge in [0, 0.05) is 10.9 Å². The number of aromatic nitrogens is 2. The number of nitrogens with one attached hydrogen (secondary N) is 2. The summed E-state index contributed by atoms with van der Waals surface area (Å²) >= 11 is 1.57. The number of carbonyl (C=O) groups excluding carboxylic acids is 1. The monoisotopic (exact) mass is 317 g/mol. The van der Waals surface area contributed by atoms with Crippen molar-refractivity contribution in [3.8, 4) is 0 Å². The Kier molecular flexibility index (Phi) is 3.48. The van der Waals surface area contributed by atoms with E-state index in [-0.39, 0.29) is 23.3 Å². The highest BCUT2D eigenvalue weighted by atomic mass is 32.1. The predicted molar refractivity (Wildman–Crippen MR) is 86.6 cm³/mol. The molecule has 0 bridgehead atoms. The fourth-order valence-corrected chi connectivity index (χ4v) is 4.87. The summed E-state index contributed by atoms with van der Waals surface area (Å²) < 4.78 is 0. The number of aromatic amines is 1. The Morgan fingerprint density at radius 2 is 2.00 bits per heavy atom. The molecule has 0 aromatic carbocycles. The van der Waals surface area contributed by atoms with Crippen LogP contribution in [0.3, 0.4) is 0 Å². The van der Waals surface area contributed by atoms with Crippen LogP contribution in [0.25, 0.3) is 10.2 Å². The number of hydrogen-bond acceptors (Lipinski definition) is 4. The largest absolute Gasteiger partial charge is 0.347 e. The number of fused-ring (bicyclic) bond motifs is 3. The number of rotatable bonds is 2. The third kappa shape index (κ3) is 2.35. The van der Waals surface area contributed by atoms with Crippen LogP contribution in [0.4, 0.5) is 0 Å². The highest BCUT2D eigenvalue weighted by Crippen LogP contribution is 2.34. The molecule has 2 aromatic heterocycles. The van der Waals surface area contributed by atoms with Gasteiger partial charge in [0.2, 0.25) is 5.82 Å². The molecular formula is C16H19N3O2S. The van der Waals surface area contributed by atoms with Crippen molar-refractivity contribution in [2.24, 2.45) is 0 Å². The molecule has 0 spiro atoms. The molecule has 2 aliphatic carbocycles. The van der Waals surface area contributed by atoms with Crippen molar-refractivity contribution in [2.75, 3.05) is 0 Å². The average Bonchev–Trinajstić information content (AvgIpc) is 3.08. The summed E-state index contributed by atoms with van der Waals surface area (Å²) in [5.41, 5.74) is 0.978. The Morgan fingerprint density at radius 1 is 1.18 bits per heavy atom. The Bertz CT molecular complexity index is 787. The molecule has 0 unspecified atom stereocenters. The summed E-state index contributed by atoms with van der Waals surface area (Å²) in [6, 6.07) is 0.218. The first-order valence-electron chi connectivity index (χ1n) is 8.08. The smallest absolute Gasteiger partial charge is 0.287 e. The van der Waals surface area contributed by atoms with E-state index < -0.39 is 0 Å². The van der Waals surface area contributed by atoms with Gasteiger partial charge in [-0.15, -0.1) is 11.3 Å². The van der Waals surface area contributed by atoms with Crippen LogP contribution in [-0.2, 0) is 12.8 Å². The zero-order valence-electron chi connectivity index (χ0n) is 12.4. The number of nitrogens with zero attached hydrogens (tertiary/aromatic N) is 1. The maximum absolute atomic E-state index is 12.3. The Balaban J connectivity index is 1.64. The van der Waals surface area contributed by atoms with E-state index in [1.54, 1.807) is 11.3 Å². The van der Waals surface area contributed by atoms with Crippen molar-refractivity contribution in [2.45, 2.75) is 57.4 Å². The molecular weight excluding hydrogens is 298 g/mol. The van der Waals surface area contributed by atoms with Crippen molar-refractivity contribution < 1.29 is 4.79 Å². The van der Waals surface area contributed by atoms with E-state index in [0.29, 0.717) is 10.2 Å². The number of thiophene rings is 1. The minimum absolute atomic E-state index is 0.156. The quantitative estimate of drug-likeness (QED) is 0.894. The zero-order chi connectivity index (χ0) is 15.1. The number of amides is 1. The molecule has 2 aliphatic rings. The summed E-state index contributed by atoms with van der Waals surface area (Å²) in [7, 11) is 0. The molecule has 2 N–H and O–H groups in total. The summed E-state index contributed by atoms with van der Waals surface area (Å²) in [4.78, 5) is 33.8. The maximum Gasteiger partial charge on any atom is 0.287 e. The second kappa shape index (κ2) is 5.50. The fourth-order valence-electron chi connectivity index (χ4n) is 3.61. The van der Waals surface area contributed by atoms with Gasteiger partial charge in [-0.1, -0.05) is 19.3 Å². The summed E-state index contributed by atoms with van der Waals surface area (Å²) in [6.07, 6.45) is 8.69. The van der Waals surface area contributed by atoms with Crippen molar-refractivity contribution in [3.05, 3.63) is 26.6 Å². The summed E-state index contributed by atoms with van der Waals surface area (Å²) in [6.45, 7) is 0. The molecule has 0 atom stereocenters. The van der Waals surface area contributed by atoms with Gasteiger partial charge in [0.1, 0.15) is 4.83 Å². The number of carbonyl (C=O) groups is 1.